The third-order valence-corrected chi connectivity index (χ3v) is 4.40. The molecule has 0 aromatic heterocycles. The highest BCUT2D eigenvalue weighted by Gasteiger charge is 2.21. The maximum Gasteiger partial charge on any atom is 0.240 e. The van der Waals surface area contributed by atoms with Gasteiger partial charge in [-0.05, 0) is 25.0 Å². The molecule has 0 saturated carbocycles. The molecule has 100 valence electrons. The summed E-state index contributed by atoms with van der Waals surface area (Å²) in [4.78, 5) is 0.275. The van der Waals surface area contributed by atoms with Gasteiger partial charge in [0, 0.05) is 12.6 Å². The van der Waals surface area contributed by atoms with Crippen LogP contribution in [0, 0.1) is 0 Å². The quantitative estimate of drug-likeness (QED) is 0.833. The van der Waals surface area contributed by atoms with Gasteiger partial charge in [0.1, 0.15) is 0 Å². The average molecular weight is 270 g/mol. The van der Waals surface area contributed by atoms with E-state index in [-0.39, 0.29) is 17.0 Å². The molecule has 1 fully saturated rings. The van der Waals surface area contributed by atoms with E-state index in [0.29, 0.717) is 13.2 Å². The molecule has 18 heavy (non-hydrogen) atoms. The summed E-state index contributed by atoms with van der Waals surface area (Å²) in [6.45, 7) is 0.793. The van der Waals surface area contributed by atoms with Crippen molar-refractivity contribution in [2.75, 3.05) is 13.2 Å². The maximum atomic E-state index is 11.9. The van der Waals surface area contributed by atoms with Gasteiger partial charge in [-0.2, -0.15) is 0 Å². The van der Waals surface area contributed by atoms with Crippen LogP contribution >= 0.6 is 0 Å². The number of sulfonamides is 1. The number of nitrogens with one attached hydrogen (secondary N) is 1. The van der Waals surface area contributed by atoms with Gasteiger partial charge in [0.25, 0.3) is 0 Å². The molecule has 1 heterocycles. The van der Waals surface area contributed by atoms with Gasteiger partial charge in [0.05, 0.1) is 17.6 Å². The monoisotopic (exact) mass is 270 g/mol. The Morgan fingerprint density at radius 3 is 2.61 bits per heavy atom. The summed E-state index contributed by atoms with van der Waals surface area (Å²) in [5.41, 5.74) is 5.71. The Morgan fingerprint density at radius 2 is 2.00 bits per heavy atom. The van der Waals surface area contributed by atoms with Crippen LogP contribution in [0.2, 0.25) is 0 Å². The Bertz CT molecular complexity index is 467. The van der Waals surface area contributed by atoms with E-state index in [4.69, 9.17) is 10.5 Å². The van der Waals surface area contributed by atoms with E-state index in [0.717, 1.165) is 12.8 Å². The smallest absolute Gasteiger partial charge is 0.240 e. The first-order chi connectivity index (χ1) is 8.58. The summed E-state index contributed by atoms with van der Waals surface area (Å²) in [6.07, 6.45) is 1.58. The minimum absolute atomic E-state index is 0.0759. The summed E-state index contributed by atoms with van der Waals surface area (Å²) >= 11 is 0. The number of hydrogen-bond acceptors (Lipinski definition) is 4. The molecule has 1 aliphatic rings. The molecular formula is C12H18N2O3S. The Labute approximate surface area is 107 Å². The Kier molecular flexibility index (Phi) is 4.34. The molecule has 6 heteroatoms. The molecule has 0 unspecified atom stereocenters. The molecule has 2 atom stereocenters. The zero-order chi connectivity index (χ0) is 13.0. The van der Waals surface area contributed by atoms with Crippen LogP contribution in [-0.4, -0.2) is 33.7 Å². The molecule has 2 rings (SSSR count). The van der Waals surface area contributed by atoms with Crippen LogP contribution in [0.15, 0.2) is 35.2 Å². The van der Waals surface area contributed by atoms with Crippen LogP contribution in [0.3, 0.4) is 0 Å². The lowest BCUT2D eigenvalue weighted by Gasteiger charge is -2.26. The topological polar surface area (TPSA) is 81.4 Å². The SMILES string of the molecule is N[C@@H]1CC[C@@H](CNS(=O)(=O)c2ccccc2)OC1. The minimum Gasteiger partial charge on any atom is -0.375 e. The Morgan fingerprint density at radius 1 is 1.28 bits per heavy atom. The molecule has 5 nitrogen and oxygen atoms in total. The molecule has 1 saturated heterocycles. The lowest BCUT2D eigenvalue weighted by molar-refractivity contribution is 0.00924. The fourth-order valence-electron chi connectivity index (χ4n) is 1.87. The highest BCUT2D eigenvalue weighted by Crippen LogP contribution is 2.13. The second-order valence-electron chi connectivity index (χ2n) is 4.46. The van der Waals surface area contributed by atoms with Gasteiger partial charge in [0.2, 0.25) is 10.0 Å². The molecule has 0 aliphatic carbocycles. The van der Waals surface area contributed by atoms with Gasteiger partial charge < -0.3 is 10.5 Å². The van der Waals surface area contributed by atoms with Crippen LogP contribution in [0.25, 0.3) is 0 Å². The maximum absolute atomic E-state index is 11.9. The van der Waals surface area contributed by atoms with E-state index in [2.05, 4.69) is 4.72 Å². The lowest BCUT2D eigenvalue weighted by atomic mass is 10.1. The summed E-state index contributed by atoms with van der Waals surface area (Å²) in [5.74, 6) is 0. The van der Waals surface area contributed by atoms with E-state index >= 15 is 0 Å². The van der Waals surface area contributed by atoms with Crippen molar-refractivity contribution in [2.45, 2.75) is 29.9 Å². The predicted octanol–water partition coefficient (Wildman–Crippen LogP) is 0.471. The van der Waals surface area contributed by atoms with Gasteiger partial charge >= 0.3 is 0 Å². The molecule has 0 radical (unpaired) electrons. The van der Waals surface area contributed by atoms with Crippen molar-refractivity contribution in [1.29, 1.82) is 0 Å². The third kappa shape index (κ3) is 3.52. The molecule has 0 amide bonds. The molecule has 1 aromatic carbocycles. The van der Waals surface area contributed by atoms with Gasteiger partial charge in [-0.1, -0.05) is 18.2 Å². The zero-order valence-corrected chi connectivity index (χ0v) is 10.9. The van der Waals surface area contributed by atoms with Gasteiger partial charge in [0.15, 0.2) is 0 Å². The van der Waals surface area contributed by atoms with Crippen LogP contribution in [-0.2, 0) is 14.8 Å². The molecule has 0 bridgehead atoms. The van der Waals surface area contributed by atoms with E-state index < -0.39 is 10.0 Å². The number of ether oxygens (including phenoxy) is 1. The van der Waals surface area contributed by atoms with Crippen LogP contribution in [0.4, 0.5) is 0 Å². The van der Waals surface area contributed by atoms with Crippen molar-refractivity contribution in [2.24, 2.45) is 5.73 Å². The number of rotatable bonds is 4. The first kappa shape index (κ1) is 13.5. The van der Waals surface area contributed by atoms with Crippen molar-refractivity contribution in [3.8, 4) is 0 Å². The predicted molar refractivity (Wildman–Crippen MR) is 68.6 cm³/mol. The first-order valence-corrected chi connectivity index (χ1v) is 7.48. The Hall–Kier alpha value is -0.950. The first-order valence-electron chi connectivity index (χ1n) is 6.00. The summed E-state index contributed by atoms with van der Waals surface area (Å²) in [7, 11) is -3.43. The van der Waals surface area contributed by atoms with E-state index in [1.165, 1.54) is 0 Å². The van der Waals surface area contributed by atoms with Gasteiger partial charge in [-0.25, -0.2) is 13.1 Å². The van der Waals surface area contributed by atoms with Crippen LogP contribution in [0.1, 0.15) is 12.8 Å². The molecule has 1 aliphatic heterocycles. The number of nitrogens with two attached hydrogens (primary N) is 1. The summed E-state index contributed by atoms with van der Waals surface area (Å²) in [6, 6.07) is 8.40. The highest BCUT2D eigenvalue weighted by molar-refractivity contribution is 7.89. The van der Waals surface area contributed by atoms with Gasteiger partial charge in [-0.3, -0.25) is 0 Å². The fraction of sp³-hybridized carbons (Fsp3) is 0.500. The van der Waals surface area contributed by atoms with Crippen molar-refractivity contribution >= 4 is 10.0 Å². The second kappa shape index (κ2) is 5.79. The average Bonchev–Trinajstić information content (AvgIpc) is 2.39. The second-order valence-corrected chi connectivity index (χ2v) is 6.22. The van der Waals surface area contributed by atoms with Crippen LogP contribution < -0.4 is 10.5 Å². The van der Waals surface area contributed by atoms with Crippen molar-refractivity contribution in [3.05, 3.63) is 30.3 Å². The van der Waals surface area contributed by atoms with E-state index in [9.17, 15) is 8.42 Å². The molecule has 1 aromatic rings. The largest absolute Gasteiger partial charge is 0.375 e. The van der Waals surface area contributed by atoms with Crippen molar-refractivity contribution in [3.63, 3.8) is 0 Å². The number of benzene rings is 1. The van der Waals surface area contributed by atoms with E-state index in [1.54, 1.807) is 30.3 Å². The third-order valence-electron chi connectivity index (χ3n) is 2.96. The highest BCUT2D eigenvalue weighted by atomic mass is 32.2. The summed E-state index contributed by atoms with van der Waals surface area (Å²) in [5, 5.41) is 0. The molecule has 3 N–H and O–H groups in total. The molecular weight excluding hydrogens is 252 g/mol. The molecule has 0 spiro atoms. The van der Waals surface area contributed by atoms with Gasteiger partial charge in [-0.15, -0.1) is 0 Å². The van der Waals surface area contributed by atoms with E-state index in [1.807, 2.05) is 0 Å². The standard InChI is InChI=1S/C12H18N2O3S/c13-10-6-7-11(17-9-10)8-14-18(15,16)12-4-2-1-3-5-12/h1-5,10-11,14H,6-9,13H2/t10-,11+/m1/s1. The minimum atomic E-state index is -3.43. The normalized spacial score (nSPS) is 24.9. The Balaban J connectivity index is 1.90. The van der Waals surface area contributed by atoms with Crippen molar-refractivity contribution in [1.82, 2.24) is 4.72 Å². The number of hydrogen-bond donors (Lipinski definition) is 2. The fourth-order valence-corrected chi connectivity index (χ4v) is 2.96. The lowest BCUT2D eigenvalue weighted by Crippen LogP contribution is -2.41. The summed E-state index contributed by atoms with van der Waals surface area (Å²) < 4.78 is 31.9. The van der Waals surface area contributed by atoms with Crippen molar-refractivity contribution < 1.29 is 13.2 Å². The van der Waals surface area contributed by atoms with Crippen LogP contribution in [0.5, 0.6) is 0 Å². The zero-order valence-electron chi connectivity index (χ0n) is 10.1.